The van der Waals surface area contributed by atoms with Gasteiger partial charge in [0.05, 0.1) is 12.2 Å². The number of rotatable bonds is 2. The summed E-state index contributed by atoms with van der Waals surface area (Å²) in [4.78, 5) is 13.0. The van der Waals surface area contributed by atoms with Gasteiger partial charge in [-0.1, -0.05) is 0 Å². The predicted molar refractivity (Wildman–Crippen MR) is 42.7 cm³/mol. The fourth-order valence-electron chi connectivity index (χ4n) is 1.05. The first-order chi connectivity index (χ1) is 6.61. The molecule has 0 saturated heterocycles. The van der Waals surface area contributed by atoms with Crippen LogP contribution in [0.4, 0.5) is 8.78 Å². The maximum atomic E-state index is 12.3. The van der Waals surface area contributed by atoms with Crippen LogP contribution in [-0.4, -0.2) is 10.1 Å². The lowest BCUT2D eigenvalue weighted by molar-refractivity contribution is 0.149. The van der Waals surface area contributed by atoms with Gasteiger partial charge in [-0.15, -0.1) is 0 Å². The van der Waals surface area contributed by atoms with E-state index in [1.165, 1.54) is 6.07 Å². The van der Waals surface area contributed by atoms with Crippen molar-refractivity contribution in [2.75, 3.05) is 0 Å². The second-order valence-electron chi connectivity index (χ2n) is 2.50. The van der Waals surface area contributed by atoms with Crippen LogP contribution in [0.1, 0.15) is 23.1 Å². The van der Waals surface area contributed by atoms with E-state index in [9.17, 15) is 13.6 Å². The Labute approximate surface area is 77.4 Å². The lowest BCUT2D eigenvalue weighted by Crippen LogP contribution is -2.16. The summed E-state index contributed by atoms with van der Waals surface area (Å²) in [6, 6.07) is 1.48. The Hall–Kier alpha value is -1.74. The molecule has 0 spiro atoms. The van der Waals surface area contributed by atoms with Crippen molar-refractivity contribution >= 4 is 0 Å². The van der Waals surface area contributed by atoms with Crippen LogP contribution in [0.5, 0.6) is 0 Å². The lowest BCUT2D eigenvalue weighted by Gasteiger charge is -2.04. The number of pyridine rings is 1. The van der Waals surface area contributed by atoms with Gasteiger partial charge in [0, 0.05) is 11.8 Å². The molecule has 0 radical (unpaired) electrons. The number of halogens is 2. The summed E-state index contributed by atoms with van der Waals surface area (Å²) in [5.41, 5.74) is -2.36. The molecule has 6 heteroatoms. The van der Waals surface area contributed by atoms with E-state index in [1.54, 1.807) is 0 Å². The van der Waals surface area contributed by atoms with E-state index in [1.807, 2.05) is 4.98 Å². The first kappa shape index (κ1) is 10.3. The summed E-state index contributed by atoms with van der Waals surface area (Å²) in [7, 11) is 0. The average Bonchev–Trinajstić information content (AvgIpc) is 2.16. The van der Waals surface area contributed by atoms with Crippen molar-refractivity contribution in [3.63, 3.8) is 0 Å². The first-order valence-corrected chi connectivity index (χ1v) is 3.65. The molecule has 1 heterocycles. The summed E-state index contributed by atoms with van der Waals surface area (Å²) in [5.74, 6) is 0. The molecule has 0 aliphatic rings. The van der Waals surface area contributed by atoms with Gasteiger partial charge >= 0.3 is 0 Å². The minimum absolute atomic E-state index is 0.0117. The van der Waals surface area contributed by atoms with Crippen molar-refractivity contribution in [3.8, 4) is 6.07 Å². The number of aromatic amines is 1. The van der Waals surface area contributed by atoms with Crippen LogP contribution in [-0.2, 0) is 6.61 Å². The summed E-state index contributed by atoms with van der Waals surface area (Å²) in [5, 5.41) is 17.3. The number of hydrogen-bond acceptors (Lipinski definition) is 3. The smallest absolute Gasteiger partial charge is 0.270 e. The Morgan fingerprint density at radius 1 is 1.64 bits per heavy atom. The molecule has 2 N–H and O–H groups in total. The van der Waals surface area contributed by atoms with Crippen molar-refractivity contribution in [2.45, 2.75) is 13.0 Å². The fraction of sp³-hybridized carbons (Fsp3) is 0.250. The predicted octanol–water partition coefficient (Wildman–Crippen LogP) is 0.676. The zero-order valence-electron chi connectivity index (χ0n) is 6.92. The Morgan fingerprint density at radius 2 is 2.29 bits per heavy atom. The maximum Gasteiger partial charge on any atom is 0.270 e. The molecule has 1 rings (SSSR count). The van der Waals surface area contributed by atoms with E-state index in [4.69, 9.17) is 10.4 Å². The summed E-state index contributed by atoms with van der Waals surface area (Å²) < 4.78 is 24.7. The third-order valence-corrected chi connectivity index (χ3v) is 1.71. The second-order valence-corrected chi connectivity index (χ2v) is 2.50. The van der Waals surface area contributed by atoms with E-state index >= 15 is 0 Å². The van der Waals surface area contributed by atoms with Crippen molar-refractivity contribution in [1.29, 1.82) is 5.26 Å². The summed E-state index contributed by atoms with van der Waals surface area (Å²) in [6.07, 6.45) is -1.98. The van der Waals surface area contributed by atoms with Gasteiger partial charge < -0.3 is 10.1 Å². The number of aliphatic hydroxyl groups is 1. The number of nitriles is 1. The molecule has 1 aromatic rings. The highest BCUT2D eigenvalue weighted by molar-refractivity contribution is 5.42. The molecule has 0 fully saturated rings. The highest BCUT2D eigenvalue weighted by Gasteiger charge is 2.20. The summed E-state index contributed by atoms with van der Waals surface area (Å²) in [6.45, 7) is -0.570. The fourth-order valence-corrected chi connectivity index (χ4v) is 1.05. The van der Waals surface area contributed by atoms with Gasteiger partial charge in [0.1, 0.15) is 11.6 Å². The number of nitrogens with zero attached hydrogens (tertiary/aromatic N) is 1. The number of alkyl halides is 2. The molecule has 0 aromatic carbocycles. The Kier molecular flexibility index (Phi) is 2.94. The monoisotopic (exact) mass is 200 g/mol. The van der Waals surface area contributed by atoms with Gasteiger partial charge in [-0.2, -0.15) is 5.26 Å². The topological polar surface area (TPSA) is 76.9 Å². The number of hydrogen-bond donors (Lipinski definition) is 2. The number of aliphatic hydroxyl groups excluding tert-OH is 1. The number of nitrogens with one attached hydrogen (secondary N) is 1. The van der Waals surface area contributed by atoms with Crippen LogP contribution in [0, 0.1) is 11.3 Å². The molecular formula is C8H6F2N2O2. The number of H-pyrrole nitrogens is 1. The van der Waals surface area contributed by atoms with E-state index < -0.39 is 29.7 Å². The van der Waals surface area contributed by atoms with Crippen LogP contribution in [0.3, 0.4) is 0 Å². The van der Waals surface area contributed by atoms with Gasteiger partial charge in [0.25, 0.3) is 12.0 Å². The Morgan fingerprint density at radius 3 is 2.71 bits per heavy atom. The third kappa shape index (κ3) is 1.63. The normalized spacial score (nSPS) is 10.2. The van der Waals surface area contributed by atoms with Crippen LogP contribution in [0.25, 0.3) is 0 Å². The largest absolute Gasteiger partial charge is 0.392 e. The molecule has 0 bridgehead atoms. The van der Waals surface area contributed by atoms with Crippen LogP contribution in [0.2, 0.25) is 0 Å². The SMILES string of the molecule is N#Cc1c(CO)c[nH]c(=O)c1C(F)F. The van der Waals surface area contributed by atoms with Crippen LogP contribution < -0.4 is 5.56 Å². The molecule has 0 unspecified atom stereocenters. The summed E-state index contributed by atoms with van der Waals surface area (Å²) >= 11 is 0. The number of aromatic nitrogens is 1. The van der Waals surface area contributed by atoms with E-state index in [0.717, 1.165) is 6.20 Å². The molecule has 14 heavy (non-hydrogen) atoms. The van der Waals surface area contributed by atoms with E-state index in [2.05, 4.69) is 0 Å². The van der Waals surface area contributed by atoms with Crippen LogP contribution in [0.15, 0.2) is 11.0 Å². The van der Waals surface area contributed by atoms with Gasteiger partial charge in [-0.05, 0) is 0 Å². The molecule has 0 atom stereocenters. The minimum atomic E-state index is -3.03. The van der Waals surface area contributed by atoms with Gasteiger partial charge in [-0.25, -0.2) is 8.78 Å². The zero-order chi connectivity index (χ0) is 10.7. The van der Waals surface area contributed by atoms with Crippen molar-refractivity contribution < 1.29 is 13.9 Å². The molecule has 0 aliphatic carbocycles. The standard InChI is InChI=1S/C8H6F2N2O2/c9-7(10)6-5(1-11)4(3-13)2-12-8(6)14/h2,7,13H,3H2,(H,12,14). The molecule has 74 valence electrons. The molecule has 0 saturated carbocycles. The van der Waals surface area contributed by atoms with Gasteiger partial charge in [0.15, 0.2) is 0 Å². The Bertz CT molecular complexity index is 434. The van der Waals surface area contributed by atoms with Crippen LogP contribution >= 0.6 is 0 Å². The maximum absolute atomic E-state index is 12.3. The lowest BCUT2D eigenvalue weighted by atomic mass is 10.1. The van der Waals surface area contributed by atoms with E-state index in [0.29, 0.717) is 0 Å². The molecule has 4 nitrogen and oxygen atoms in total. The molecule has 1 aromatic heterocycles. The minimum Gasteiger partial charge on any atom is -0.392 e. The van der Waals surface area contributed by atoms with Gasteiger partial charge in [-0.3, -0.25) is 4.79 Å². The van der Waals surface area contributed by atoms with Gasteiger partial charge in [0.2, 0.25) is 0 Å². The quantitative estimate of drug-likeness (QED) is 0.736. The average molecular weight is 200 g/mol. The highest BCUT2D eigenvalue weighted by Crippen LogP contribution is 2.20. The van der Waals surface area contributed by atoms with Crippen molar-refractivity contribution in [3.05, 3.63) is 33.2 Å². The molecule has 0 amide bonds. The molecule has 0 aliphatic heterocycles. The molecular weight excluding hydrogens is 194 g/mol. The first-order valence-electron chi connectivity index (χ1n) is 3.65. The highest BCUT2D eigenvalue weighted by atomic mass is 19.3. The Balaban J connectivity index is 3.53. The van der Waals surface area contributed by atoms with E-state index in [-0.39, 0.29) is 5.56 Å². The second kappa shape index (κ2) is 3.98. The van der Waals surface area contributed by atoms with Crippen molar-refractivity contribution in [1.82, 2.24) is 4.98 Å². The third-order valence-electron chi connectivity index (χ3n) is 1.71. The zero-order valence-corrected chi connectivity index (χ0v) is 6.92. The van der Waals surface area contributed by atoms with Crippen molar-refractivity contribution in [2.24, 2.45) is 0 Å².